The second kappa shape index (κ2) is 6.48. The predicted molar refractivity (Wildman–Crippen MR) is 85.1 cm³/mol. The summed E-state index contributed by atoms with van der Waals surface area (Å²) in [5.41, 5.74) is 7.35. The van der Waals surface area contributed by atoms with E-state index in [0.717, 1.165) is 26.0 Å². The molecule has 0 aromatic heterocycles. The molecule has 1 aromatic carbocycles. The average Bonchev–Trinajstić information content (AvgIpc) is 3.38. The zero-order valence-electron chi connectivity index (χ0n) is 12.7. The van der Waals surface area contributed by atoms with Crippen molar-refractivity contribution in [1.82, 2.24) is 4.90 Å². The maximum Gasteiger partial charge on any atom is 0.191 e. The standard InChI is InChI=1S/C17H25N3O/c1-20(15-9-10-15)17(18)19-12-14-8-5-11-21-16(14)13-6-3-2-4-7-13/h2-4,6-7,14-16H,5,8-12H2,1H3,(H2,18,19). The molecule has 0 amide bonds. The van der Waals surface area contributed by atoms with Gasteiger partial charge in [-0.05, 0) is 31.2 Å². The lowest BCUT2D eigenvalue weighted by atomic mass is 9.89. The van der Waals surface area contributed by atoms with Gasteiger partial charge in [0, 0.05) is 32.2 Å². The van der Waals surface area contributed by atoms with Crippen molar-refractivity contribution in [3.63, 3.8) is 0 Å². The van der Waals surface area contributed by atoms with Crippen LogP contribution in [0.4, 0.5) is 0 Å². The van der Waals surface area contributed by atoms with Gasteiger partial charge >= 0.3 is 0 Å². The monoisotopic (exact) mass is 287 g/mol. The van der Waals surface area contributed by atoms with E-state index in [2.05, 4.69) is 34.2 Å². The SMILES string of the molecule is CN(C(N)=NCC1CCCOC1c1ccccc1)C1CC1. The summed E-state index contributed by atoms with van der Waals surface area (Å²) in [5, 5.41) is 0. The van der Waals surface area contributed by atoms with E-state index in [1.54, 1.807) is 0 Å². The third-order valence-electron chi connectivity index (χ3n) is 4.52. The lowest BCUT2D eigenvalue weighted by Crippen LogP contribution is -2.36. The van der Waals surface area contributed by atoms with Crippen LogP contribution in [0.3, 0.4) is 0 Å². The molecule has 0 bridgehead atoms. The Balaban J connectivity index is 1.65. The van der Waals surface area contributed by atoms with Gasteiger partial charge in [-0.2, -0.15) is 0 Å². The molecule has 2 aliphatic rings. The summed E-state index contributed by atoms with van der Waals surface area (Å²) in [6.07, 6.45) is 4.91. The van der Waals surface area contributed by atoms with Gasteiger partial charge in [0.2, 0.25) is 0 Å². The molecule has 114 valence electrons. The summed E-state index contributed by atoms with van der Waals surface area (Å²) in [4.78, 5) is 6.74. The van der Waals surface area contributed by atoms with Crippen LogP contribution in [0.5, 0.6) is 0 Å². The van der Waals surface area contributed by atoms with E-state index in [-0.39, 0.29) is 6.10 Å². The van der Waals surface area contributed by atoms with Crippen molar-refractivity contribution in [3.05, 3.63) is 35.9 Å². The molecule has 2 atom stereocenters. The van der Waals surface area contributed by atoms with Gasteiger partial charge in [-0.3, -0.25) is 4.99 Å². The number of nitrogens with two attached hydrogens (primary N) is 1. The van der Waals surface area contributed by atoms with Gasteiger partial charge < -0.3 is 15.4 Å². The Labute approximate surface area is 127 Å². The normalized spacial score (nSPS) is 26.6. The first kappa shape index (κ1) is 14.4. The highest BCUT2D eigenvalue weighted by Gasteiger charge is 2.29. The van der Waals surface area contributed by atoms with Crippen molar-refractivity contribution >= 4 is 5.96 Å². The molecule has 1 saturated heterocycles. The van der Waals surface area contributed by atoms with Crippen LogP contribution in [-0.2, 0) is 4.74 Å². The molecule has 0 spiro atoms. The van der Waals surface area contributed by atoms with Crippen LogP contribution >= 0.6 is 0 Å². The quantitative estimate of drug-likeness (QED) is 0.684. The number of guanidine groups is 1. The first-order valence-corrected chi connectivity index (χ1v) is 7.95. The van der Waals surface area contributed by atoms with Gasteiger partial charge in [0.1, 0.15) is 0 Å². The first-order valence-electron chi connectivity index (χ1n) is 7.95. The summed E-state index contributed by atoms with van der Waals surface area (Å²) in [5.74, 6) is 1.10. The first-order chi connectivity index (χ1) is 10.3. The lowest BCUT2D eigenvalue weighted by Gasteiger charge is -2.31. The Bertz CT molecular complexity index is 484. The highest BCUT2D eigenvalue weighted by molar-refractivity contribution is 5.78. The van der Waals surface area contributed by atoms with E-state index >= 15 is 0 Å². The third-order valence-corrected chi connectivity index (χ3v) is 4.52. The Morgan fingerprint density at radius 3 is 2.76 bits per heavy atom. The Hall–Kier alpha value is -1.55. The van der Waals surface area contributed by atoms with Gasteiger partial charge in [0.15, 0.2) is 5.96 Å². The maximum atomic E-state index is 6.09. The molecule has 1 aromatic rings. The van der Waals surface area contributed by atoms with Gasteiger partial charge in [-0.1, -0.05) is 30.3 Å². The summed E-state index contributed by atoms with van der Waals surface area (Å²) in [6.45, 7) is 1.60. The number of benzene rings is 1. The molecular formula is C17H25N3O. The number of nitrogens with zero attached hydrogens (tertiary/aromatic N) is 2. The highest BCUT2D eigenvalue weighted by atomic mass is 16.5. The number of hydrogen-bond donors (Lipinski definition) is 1. The van der Waals surface area contributed by atoms with Gasteiger partial charge in [0.05, 0.1) is 6.10 Å². The molecule has 0 radical (unpaired) electrons. The zero-order chi connectivity index (χ0) is 14.7. The predicted octanol–water partition coefficient (Wildman–Crippen LogP) is 2.56. The molecule has 4 nitrogen and oxygen atoms in total. The Morgan fingerprint density at radius 1 is 1.29 bits per heavy atom. The van der Waals surface area contributed by atoms with Crippen molar-refractivity contribution < 1.29 is 4.74 Å². The molecule has 4 heteroatoms. The third kappa shape index (κ3) is 3.56. The van der Waals surface area contributed by atoms with Crippen molar-refractivity contribution in [3.8, 4) is 0 Å². The highest BCUT2D eigenvalue weighted by Crippen LogP contribution is 2.33. The van der Waals surface area contributed by atoms with Crippen LogP contribution in [0.15, 0.2) is 35.3 Å². The summed E-state index contributed by atoms with van der Waals surface area (Å²) >= 11 is 0. The minimum Gasteiger partial charge on any atom is -0.373 e. The lowest BCUT2D eigenvalue weighted by molar-refractivity contribution is -0.0250. The molecule has 1 aliphatic heterocycles. The van der Waals surface area contributed by atoms with Crippen molar-refractivity contribution in [2.45, 2.75) is 37.8 Å². The topological polar surface area (TPSA) is 50.8 Å². The van der Waals surface area contributed by atoms with Crippen LogP contribution in [0.25, 0.3) is 0 Å². The van der Waals surface area contributed by atoms with Crippen molar-refractivity contribution in [1.29, 1.82) is 0 Å². The molecule has 1 aliphatic carbocycles. The second-order valence-electron chi connectivity index (χ2n) is 6.15. The van der Waals surface area contributed by atoms with Crippen LogP contribution in [0, 0.1) is 5.92 Å². The van der Waals surface area contributed by atoms with Crippen molar-refractivity contribution in [2.24, 2.45) is 16.6 Å². The van der Waals surface area contributed by atoms with E-state index < -0.39 is 0 Å². The van der Waals surface area contributed by atoms with Crippen LogP contribution in [0.2, 0.25) is 0 Å². The maximum absolute atomic E-state index is 6.09. The number of ether oxygens (including phenoxy) is 1. The minimum atomic E-state index is 0.155. The van der Waals surface area contributed by atoms with Crippen molar-refractivity contribution in [2.75, 3.05) is 20.2 Å². The van der Waals surface area contributed by atoms with Gasteiger partial charge in [0.25, 0.3) is 0 Å². The van der Waals surface area contributed by atoms with Crippen LogP contribution < -0.4 is 5.73 Å². The smallest absolute Gasteiger partial charge is 0.191 e. The molecule has 2 N–H and O–H groups in total. The summed E-state index contributed by atoms with van der Waals surface area (Å²) in [7, 11) is 2.04. The average molecular weight is 287 g/mol. The second-order valence-corrected chi connectivity index (χ2v) is 6.15. The number of hydrogen-bond acceptors (Lipinski definition) is 2. The fourth-order valence-corrected chi connectivity index (χ4v) is 3.01. The molecular weight excluding hydrogens is 262 g/mol. The summed E-state index contributed by atoms with van der Waals surface area (Å²) in [6, 6.07) is 11.1. The summed E-state index contributed by atoms with van der Waals surface area (Å²) < 4.78 is 6.01. The number of aliphatic imine (C=N–C) groups is 1. The molecule has 3 rings (SSSR count). The van der Waals surface area contributed by atoms with Gasteiger partial charge in [-0.15, -0.1) is 0 Å². The van der Waals surface area contributed by atoms with Crippen LogP contribution in [0.1, 0.15) is 37.4 Å². The molecule has 1 heterocycles. The Morgan fingerprint density at radius 2 is 2.05 bits per heavy atom. The minimum absolute atomic E-state index is 0.155. The number of rotatable bonds is 4. The van der Waals surface area contributed by atoms with E-state index in [1.807, 2.05) is 13.1 Å². The zero-order valence-corrected chi connectivity index (χ0v) is 12.7. The largest absolute Gasteiger partial charge is 0.373 e. The molecule has 1 saturated carbocycles. The van der Waals surface area contributed by atoms with E-state index in [1.165, 1.54) is 18.4 Å². The molecule has 21 heavy (non-hydrogen) atoms. The fourth-order valence-electron chi connectivity index (χ4n) is 3.01. The Kier molecular flexibility index (Phi) is 4.44. The van der Waals surface area contributed by atoms with Gasteiger partial charge in [-0.25, -0.2) is 0 Å². The molecule has 2 fully saturated rings. The van der Waals surface area contributed by atoms with E-state index in [9.17, 15) is 0 Å². The van der Waals surface area contributed by atoms with E-state index in [0.29, 0.717) is 17.9 Å². The van der Waals surface area contributed by atoms with Crippen LogP contribution in [-0.4, -0.2) is 37.1 Å². The molecule has 2 unspecified atom stereocenters. The van der Waals surface area contributed by atoms with E-state index in [4.69, 9.17) is 10.5 Å². The fraction of sp³-hybridized carbons (Fsp3) is 0.588.